The van der Waals surface area contributed by atoms with Crippen LogP contribution in [0.2, 0.25) is 0 Å². The molecule has 0 saturated carbocycles. The van der Waals surface area contributed by atoms with E-state index < -0.39 is 5.97 Å². The zero-order valence-corrected chi connectivity index (χ0v) is 12.8. The Morgan fingerprint density at radius 2 is 1.74 bits per heavy atom. The molecule has 3 aromatic rings. The number of furan rings is 1. The van der Waals surface area contributed by atoms with Crippen molar-refractivity contribution in [3.05, 3.63) is 65.4 Å². The molecule has 0 aliphatic heterocycles. The number of hydrogen-bond donors (Lipinski definition) is 1. The van der Waals surface area contributed by atoms with Gasteiger partial charge in [0.05, 0.1) is 18.2 Å². The summed E-state index contributed by atoms with van der Waals surface area (Å²) in [6, 6.07) is 13.9. The van der Waals surface area contributed by atoms with Gasteiger partial charge >= 0.3 is 5.97 Å². The molecule has 0 aliphatic rings. The summed E-state index contributed by atoms with van der Waals surface area (Å²) >= 11 is 0. The van der Waals surface area contributed by atoms with Crippen LogP contribution in [0.1, 0.15) is 26.5 Å². The van der Waals surface area contributed by atoms with Crippen LogP contribution < -0.4 is 5.32 Å². The predicted molar refractivity (Wildman–Crippen MR) is 86.7 cm³/mol. The summed E-state index contributed by atoms with van der Waals surface area (Å²) < 4.78 is 10.2. The average molecular weight is 309 g/mol. The van der Waals surface area contributed by atoms with E-state index >= 15 is 0 Å². The number of carbonyl (C=O) groups is 2. The van der Waals surface area contributed by atoms with E-state index in [1.54, 1.807) is 31.2 Å². The molecular weight excluding hydrogens is 294 g/mol. The highest BCUT2D eigenvalue weighted by molar-refractivity contribution is 6.13. The van der Waals surface area contributed by atoms with Crippen molar-refractivity contribution in [2.24, 2.45) is 0 Å². The lowest BCUT2D eigenvalue weighted by molar-refractivity contribution is 0.0600. The molecule has 5 nitrogen and oxygen atoms in total. The number of esters is 1. The number of aryl methyl sites for hydroxylation is 1. The number of anilines is 1. The fraction of sp³-hybridized carbons (Fsp3) is 0.111. The van der Waals surface area contributed by atoms with Gasteiger partial charge in [0.2, 0.25) is 0 Å². The summed E-state index contributed by atoms with van der Waals surface area (Å²) in [5.74, 6) is -0.104. The van der Waals surface area contributed by atoms with Gasteiger partial charge in [0, 0.05) is 11.1 Å². The predicted octanol–water partition coefficient (Wildman–Crippen LogP) is 3.78. The van der Waals surface area contributed by atoms with Gasteiger partial charge in [-0.2, -0.15) is 0 Å². The van der Waals surface area contributed by atoms with Crippen molar-refractivity contribution >= 4 is 28.5 Å². The van der Waals surface area contributed by atoms with E-state index in [2.05, 4.69) is 10.1 Å². The number of rotatable bonds is 3. The summed E-state index contributed by atoms with van der Waals surface area (Å²) in [6.45, 7) is 1.76. The molecule has 1 heterocycles. The van der Waals surface area contributed by atoms with Crippen molar-refractivity contribution in [1.29, 1.82) is 0 Å². The van der Waals surface area contributed by atoms with Crippen LogP contribution in [0.3, 0.4) is 0 Å². The minimum atomic E-state index is -0.417. The topological polar surface area (TPSA) is 68.5 Å². The normalized spacial score (nSPS) is 10.5. The summed E-state index contributed by atoms with van der Waals surface area (Å²) in [4.78, 5) is 23.9. The van der Waals surface area contributed by atoms with Gasteiger partial charge in [0.15, 0.2) is 0 Å². The van der Waals surface area contributed by atoms with Crippen LogP contribution in [0.5, 0.6) is 0 Å². The van der Waals surface area contributed by atoms with Crippen LogP contribution in [-0.4, -0.2) is 19.0 Å². The van der Waals surface area contributed by atoms with E-state index in [4.69, 9.17) is 4.42 Å². The van der Waals surface area contributed by atoms with Crippen LogP contribution in [0, 0.1) is 6.92 Å². The number of nitrogens with one attached hydrogen (secondary N) is 1. The number of ether oxygens (including phenoxy) is 1. The van der Waals surface area contributed by atoms with Crippen LogP contribution in [0.25, 0.3) is 11.0 Å². The summed E-state index contributed by atoms with van der Waals surface area (Å²) in [6.07, 6.45) is 0. The third-order valence-electron chi connectivity index (χ3n) is 3.56. The number of methoxy groups -OCH3 is 1. The SMILES string of the molecule is COC(=O)c1ccc(NC(=O)c2c(C)oc3ccccc23)cc1. The Morgan fingerprint density at radius 3 is 2.43 bits per heavy atom. The summed E-state index contributed by atoms with van der Waals surface area (Å²) in [5.41, 5.74) is 2.21. The molecule has 0 spiro atoms. The van der Waals surface area contributed by atoms with E-state index in [9.17, 15) is 9.59 Å². The third kappa shape index (κ3) is 2.81. The molecule has 0 aliphatic carbocycles. The molecular formula is C18H15NO4. The van der Waals surface area contributed by atoms with E-state index in [-0.39, 0.29) is 5.91 Å². The maximum atomic E-state index is 12.5. The molecule has 2 aromatic carbocycles. The average Bonchev–Trinajstić information content (AvgIpc) is 2.90. The fourth-order valence-corrected chi connectivity index (χ4v) is 2.45. The van der Waals surface area contributed by atoms with Gasteiger partial charge < -0.3 is 14.5 Å². The van der Waals surface area contributed by atoms with E-state index in [1.807, 2.05) is 24.3 Å². The second-order valence-electron chi connectivity index (χ2n) is 5.05. The summed E-state index contributed by atoms with van der Waals surface area (Å²) in [7, 11) is 1.32. The Hall–Kier alpha value is -3.08. The van der Waals surface area contributed by atoms with Gasteiger partial charge in [-0.3, -0.25) is 4.79 Å². The van der Waals surface area contributed by atoms with Crippen LogP contribution in [-0.2, 0) is 4.74 Å². The molecule has 3 rings (SSSR count). The van der Waals surface area contributed by atoms with Crippen molar-refractivity contribution in [2.45, 2.75) is 6.92 Å². The van der Waals surface area contributed by atoms with Crippen LogP contribution in [0.4, 0.5) is 5.69 Å². The van der Waals surface area contributed by atoms with Gasteiger partial charge in [0.1, 0.15) is 11.3 Å². The van der Waals surface area contributed by atoms with Crippen molar-refractivity contribution < 1.29 is 18.7 Å². The zero-order chi connectivity index (χ0) is 16.4. The molecule has 0 atom stereocenters. The number of amides is 1. The number of benzene rings is 2. The number of fused-ring (bicyclic) bond motifs is 1. The lowest BCUT2D eigenvalue weighted by Crippen LogP contribution is -2.12. The van der Waals surface area contributed by atoms with Gasteiger partial charge in [-0.25, -0.2) is 4.79 Å². The van der Waals surface area contributed by atoms with Crippen molar-refractivity contribution in [2.75, 3.05) is 12.4 Å². The number of carbonyl (C=O) groups excluding carboxylic acids is 2. The minimum Gasteiger partial charge on any atom is -0.465 e. The highest BCUT2D eigenvalue weighted by Crippen LogP contribution is 2.26. The Morgan fingerprint density at radius 1 is 1.04 bits per heavy atom. The Labute approximate surface area is 132 Å². The van der Waals surface area contributed by atoms with E-state index in [0.717, 1.165) is 5.39 Å². The minimum absolute atomic E-state index is 0.252. The first-order valence-electron chi connectivity index (χ1n) is 7.08. The van der Waals surface area contributed by atoms with E-state index in [0.29, 0.717) is 28.2 Å². The van der Waals surface area contributed by atoms with Crippen LogP contribution in [0.15, 0.2) is 52.9 Å². The van der Waals surface area contributed by atoms with Gasteiger partial charge in [-0.15, -0.1) is 0 Å². The maximum absolute atomic E-state index is 12.5. The third-order valence-corrected chi connectivity index (χ3v) is 3.56. The largest absolute Gasteiger partial charge is 0.465 e. The first-order valence-corrected chi connectivity index (χ1v) is 7.08. The molecule has 116 valence electrons. The highest BCUT2D eigenvalue weighted by atomic mass is 16.5. The molecule has 1 aromatic heterocycles. The van der Waals surface area contributed by atoms with Gasteiger partial charge in [0.25, 0.3) is 5.91 Å². The molecule has 23 heavy (non-hydrogen) atoms. The fourth-order valence-electron chi connectivity index (χ4n) is 2.45. The van der Waals surface area contributed by atoms with E-state index in [1.165, 1.54) is 7.11 Å². The standard InChI is InChI=1S/C18H15NO4/c1-11-16(14-5-3-4-6-15(14)23-11)17(20)19-13-9-7-12(8-10-13)18(21)22-2/h3-10H,1-2H3,(H,19,20). The molecule has 1 N–H and O–H groups in total. The molecule has 0 saturated heterocycles. The first kappa shape index (κ1) is 14.8. The smallest absolute Gasteiger partial charge is 0.337 e. The quantitative estimate of drug-likeness (QED) is 0.748. The monoisotopic (exact) mass is 309 g/mol. The van der Waals surface area contributed by atoms with Crippen molar-refractivity contribution in [3.8, 4) is 0 Å². The second kappa shape index (κ2) is 5.96. The van der Waals surface area contributed by atoms with Crippen molar-refractivity contribution in [3.63, 3.8) is 0 Å². The molecule has 0 fully saturated rings. The van der Waals surface area contributed by atoms with Crippen LogP contribution >= 0.6 is 0 Å². The summed E-state index contributed by atoms with van der Waals surface area (Å²) in [5, 5.41) is 3.58. The molecule has 1 amide bonds. The maximum Gasteiger partial charge on any atom is 0.337 e. The number of hydrogen-bond acceptors (Lipinski definition) is 4. The van der Waals surface area contributed by atoms with Crippen molar-refractivity contribution in [1.82, 2.24) is 0 Å². The van der Waals surface area contributed by atoms with Gasteiger partial charge in [-0.05, 0) is 37.3 Å². The first-order chi connectivity index (χ1) is 11.1. The Bertz CT molecular complexity index is 878. The molecule has 0 radical (unpaired) electrons. The molecule has 0 bridgehead atoms. The number of para-hydroxylation sites is 1. The lowest BCUT2D eigenvalue weighted by atomic mass is 10.1. The zero-order valence-electron chi connectivity index (χ0n) is 12.8. The Balaban J connectivity index is 1.86. The second-order valence-corrected chi connectivity index (χ2v) is 5.05. The molecule has 5 heteroatoms. The highest BCUT2D eigenvalue weighted by Gasteiger charge is 2.18. The van der Waals surface area contributed by atoms with Gasteiger partial charge in [-0.1, -0.05) is 18.2 Å². The molecule has 0 unspecified atom stereocenters. The Kier molecular flexibility index (Phi) is 3.85. The lowest BCUT2D eigenvalue weighted by Gasteiger charge is -2.06.